The molecule has 0 saturated carbocycles. The summed E-state index contributed by atoms with van der Waals surface area (Å²) in [5, 5.41) is 9.03. The van der Waals surface area contributed by atoms with E-state index in [2.05, 4.69) is 0 Å². The van der Waals surface area contributed by atoms with Crippen LogP contribution < -0.4 is 4.74 Å². The number of hydrogen-bond donors (Lipinski definition) is 1. The van der Waals surface area contributed by atoms with Crippen molar-refractivity contribution < 1.29 is 9.84 Å². The average Bonchev–Trinajstić information content (AvgIpc) is 2.19. The summed E-state index contributed by atoms with van der Waals surface area (Å²) in [7, 11) is 0. The van der Waals surface area contributed by atoms with Crippen LogP contribution in [0.15, 0.2) is 18.2 Å². The van der Waals surface area contributed by atoms with Crippen LogP contribution in [0.4, 0.5) is 0 Å². The third-order valence-electron chi connectivity index (χ3n) is 2.27. The minimum atomic E-state index is 0.101. The molecule has 2 heteroatoms. The first-order valence-corrected chi connectivity index (χ1v) is 5.25. The van der Waals surface area contributed by atoms with Gasteiger partial charge in [0.2, 0.25) is 0 Å². The lowest BCUT2D eigenvalue weighted by atomic mass is 10.00. The second kappa shape index (κ2) is 5.17. The van der Waals surface area contributed by atoms with Gasteiger partial charge in [-0.3, -0.25) is 0 Å². The second-order valence-corrected chi connectivity index (χ2v) is 4.09. The summed E-state index contributed by atoms with van der Waals surface area (Å²) in [6.07, 6.45) is 0.192. The van der Waals surface area contributed by atoms with Crippen molar-refractivity contribution in [3.8, 4) is 5.75 Å². The van der Waals surface area contributed by atoms with E-state index in [-0.39, 0.29) is 12.7 Å². The molecule has 0 amide bonds. The van der Waals surface area contributed by atoms with Crippen molar-refractivity contribution in [3.63, 3.8) is 0 Å². The van der Waals surface area contributed by atoms with Gasteiger partial charge >= 0.3 is 0 Å². The quantitative estimate of drug-likeness (QED) is 0.822. The average molecular weight is 207 g/mol. The van der Waals surface area contributed by atoms with Crippen LogP contribution in [0.2, 0.25) is 0 Å². The van der Waals surface area contributed by atoms with Gasteiger partial charge in [-0.15, -0.1) is 0 Å². The zero-order valence-electron chi connectivity index (χ0n) is 9.87. The zero-order valence-corrected chi connectivity index (χ0v) is 9.87. The van der Waals surface area contributed by atoms with Gasteiger partial charge in [-0.2, -0.15) is 0 Å². The fraction of sp³-hybridized carbons (Fsp3) is 0.462. The van der Waals surface area contributed by atoms with Gasteiger partial charge in [-0.1, -0.05) is 19.1 Å². The highest BCUT2D eigenvalue weighted by Crippen LogP contribution is 2.23. The SMILES string of the molecule is C[C](CO)c1ccc(OC(C)C)c(C)c1. The first kappa shape index (κ1) is 12.1. The van der Waals surface area contributed by atoms with E-state index in [1.165, 1.54) is 0 Å². The third kappa shape index (κ3) is 3.24. The Hall–Kier alpha value is -1.02. The van der Waals surface area contributed by atoms with Crippen LogP contribution in [0, 0.1) is 12.8 Å². The largest absolute Gasteiger partial charge is 0.491 e. The van der Waals surface area contributed by atoms with Gasteiger partial charge in [0.25, 0.3) is 0 Å². The lowest BCUT2D eigenvalue weighted by Gasteiger charge is -2.15. The van der Waals surface area contributed by atoms with Crippen molar-refractivity contribution in [3.05, 3.63) is 35.2 Å². The minimum absolute atomic E-state index is 0.101. The molecule has 1 rings (SSSR count). The molecular formula is C13H19O2. The molecule has 1 aromatic carbocycles. The highest BCUT2D eigenvalue weighted by molar-refractivity contribution is 5.41. The number of aliphatic hydroxyl groups is 1. The fourth-order valence-corrected chi connectivity index (χ4v) is 1.39. The van der Waals surface area contributed by atoms with E-state index in [0.29, 0.717) is 0 Å². The second-order valence-electron chi connectivity index (χ2n) is 4.09. The van der Waals surface area contributed by atoms with Gasteiger partial charge in [0.05, 0.1) is 12.7 Å². The summed E-state index contributed by atoms with van der Waals surface area (Å²) in [5.41, 5.74) is 2.18. The summed E-state index contributed by atoms with van der Waals surface area (Å²) < 4.78 is 5.64. The van der Waals surface area contributed by atoms with Gasteiger partial charge in [-0.05, 0) is 38.0 Å². The molecule has 0 saturated heterocycles. The van der Waals surface area contributed by atoms with Gasteiger partial charge in [0.15, 0.2) is 0 Å². The van der Waals surface area contributed by atoms with E-state index >= 15 is 0 Å². The maximum atomic E-state index is 9.03. The smallest absolute Gasteiger partial charge is 0.122 e. The molecule has 0 spiro atoms. The molecule has 83 valence electrons. The first-order chi connectivity index (χ1) is 7.04. The van der Waals surface area contributed by atoms with Crippen LogP contribution >= 0.6 is 0 Å². The number of aryl methyl sites for hydroxylation is 1. The Morgan fingerprint density at radius 3 is 2.53 bits per heavy atom. The van der Waals surface area contributed by atoms with E-state index in [4.69, 9.17) is 9.84 Å². The maximum Gasteiger partial charge on any atom is 0.122 e. The monoisotopic (exact) mass is 207 g/mol. The van der Waals surface area contributed by atoms with E-state index in [0.717, 1.165) is 22.8 Å². The summed E-state index contributed by atoms with van der Waals surface area (Å²) in [5.74, 6) is 1.90. The molecule has 0 aliphatic heterocycles. The predicted octanol–water partition coefficient (Wildman–Crippen LogP) is 2.72. The molecule has 0 fully saturated rings. The molecule has 0 aliphatic carbocycles. The van der Waals surface area contributed by atoms with Crippen LogP contribution in [0.5, 0.6) is 5.75 Å². The Morgan fingerprint density at radius 1 is 1.40 bits per heavy atom. The zero-order chi connectivity index (χ0) is 11.4. The Kier molecular flexibility index (Phi) is 4.15. The molecule has 0 bridgehead atoms. The molecule has 15 heavy (non-hydrogen) atoms. The Labute approximate surface area is 91.9 Å². The normalized spacial score (nSPS) is 11.1. The first-order valence-electron chi connectivity index (χ1n) is 5.25. The standard InChI is InChI=1S/C13H19O2/c1-9(2)15-13-6-5-12(7-10(13)3)11(4)8-14/h5-7,9,14H,8H2,1-4H3. The molecule has 1 radical (unpaired) electrons. The Morgan fingerprint density at radius 2 is 2.07 bits per heavy atom. The minimum Gasteiger partial charge on any atom is -0.491 e. The van der Waals surface area contributed by atoms with Crippen molar-refractivity contribution in [2.45, 2.75) is 33.8 Å². The van der Waals surface area contributed by atoms with E-state index < -0.39 is 0 Å². The summed E-state index contributed by atoms with van der Waals surface area (Å²) >= 11 is 0. The molecule has 0 heterocycles. The fourth-order valence-electron chi connectivity index (χ4n) is 1.39. The van der Waals surface area contributed by atoms with Crippen molar-refractivity contribution in [1.29, 1.82) is 0 Å². The topological polar surface area (TPSA) is 29.5 Å². The molecule has 0 unspecified atom stereocenters. The highest BCUT2D eigenvalue weighted by atomic mass is 16.5. The Balaban J connectivity index is 2.88. The molecular weight excluding hydrogens is 188 g/mol. The summed E-state index contributed by atoms with van der Waals surface area (Å²) in [6.45, 7) is 8.07. The number of rotatable bonds is 4. The maximum absolute atomic E-state index is 9.03. The van der Waals surface area contributed by atoms with Crippen LogP contribution in [-0.2, 0) is 0 Å². The molecule has 0 aliphatic rings. The van der Waals surface area contributed by atoms with E-state index in [1.54, 1.807) is 0 Å². The lowest BCUT2D eigenvalue weighted by Crippen LogP contribution is -2.07. The van der Waals surface area contributed by atoms with E-state index in [9.17, 15) is 0 Å². The molecule has 0 atom stereocenters. The molecule has 1 aromatic rings. The summed E-state index contributed by atoms with van der Waals surface area (Å²) in [4.78, 5) is 0. The lowest BCUT2D eigenvalue weighted by molar-refractivity contribution is 0.240. The third-order valence-corrected chi connectivity index (χ3v) is 2.27. The van der Waals surface area contributed by atoms with Crippen molar-refractivity contribution >= 4 is 0 Å². The van der Waals surface area contributed by atoms with Crippen molar-refractivity contribution in [2.24, 2.45) is 0 Å². The Bertz CT molecular complexity index is 318. The van der Waals surface area contributed by atoms with Gasteiger partial charge in [-0.25, -0.2) is 0 Å². The molecule has 2 nitrogen and oxygen atoms in total. The van der Waals surface area contributed by atoms with Gasteiger partial charge < -0.3 is 9.84 Å². The van der Waals surface area contributed by atoms with Crippen LogP contribution in [0.3, 0.4) is 0 Å². The van der Waals surface area contributed by atoms with Crippen molar-refractivity contribution in [1.82, 2.24) is 0 Å². The number of hydrogen-bond acceptors (Lipinski definition) is 2. The number of benzene rings is 1. The predicted molar refractivity (Wildman–Crippen MR) is 62.0 cm³/mol. The number of ether oxygens (including phenoxy) is 1. The van der Waals surface area contributed by atoms with Gasteiger partial charge in [0.1, 0.15) is 5.75 Å². The van der Waals surface area contributed by atoms with Crippen LogP contribution in [0.1, 0.15) is 31.9 Å². The summed E-state index contributed by atoms with van der Waals surface area (Å²) in [6, 6.07) is 5.99. The number of aliphatic hydroxyl groups excluding tert-OH is 1. The van der Waals surface area contributed by atoms with Crippen molar-refractivity contribution in [2.75, 3.05) is 6.61 Å². The van der Waals surface area contributed by atoms with Crippen LogP contribution in [-0.4, -0.2) is 17.8 Å². The molecule has 1 N–H and O–H groups in total. The van der Waals surface area contributed by atoms with Crippen LogP contribution in [0.25, 0.3) is 0 Å². The molecule has 0 aromatic heterocycles. The highest BCUT2D eigenvalue weighted by Gasteiger charge is 2.08. The van der Waals surface area contributed by atoms with E-state index in [1.807, 2.05) is 45.9 Å². The van der Waals surface area contributed by atoms with Gasteiger partial charge in [0, 0.05) is 5.92 Å².